The van der Waals surface area contributed by atoms with Crippen molar-refractivity contribution in [3.8, 4) is 10.6 Å². The average Bonchev–Trinajstić information content (AvgIpc) is 2.58. The maximum absolute atomic E-state index is 4.25. The summed E-state index contributed by atoms with van der Waals surface area (Å²) in [7, 11) is 0. The maximum atomic E-state index is 4.25. The molecule has 0 aliphatic carbocycles. The Morgan fingerprint density at radius 1 is 1.18 bits per heavy atom. The molecule has 0 fully saturated rings. The lowest BCUT2D eigenvalue weighted by atomic mass is 10.2. The van der Waals surface area contributed by atoms with Crippen LogP contribution in [0.2, 0.25) is 0 Å². The van der Waals surface area contributed by atoms with E-state index in [0.29, 0.717) is 0 Å². The second-order valence-electron chi connectivity index (χ2n) is 2.08. The van der Waals surface area contributed by atoms with Gasteiger partial charge in [0, 0.05) is 5.56 Å². The third-order valence-electron chi connectivity index (χ3n) is 1.36. The summed E-state index contributed by atoms with van der Waals surface area (Å²) in [6.07, 6.45) is 0. The van der Waals surface area contributed by atoms with Crippen molar-refractivity contribution in [3.05, 3.63) is 35.0 Å². The standard InChI is InChI=1S/C8H6NS2/c1-2-4-7(5-3-1)8-9-11-6-10-8/h1-6H/q+1. The molecule has 0 saturated heterocycles. The van der Waals surface area contributed by atoms with Gasteiger partial charge in [-0.3, -0.25) is 0 Å². The Labute approximate surface area is 73.1 Å². The van der Waals surface area contributed by atoms with E-state index in [2.05, 4.69) is 16.5 Å². The molecular weight excluding hydrogens is 174 g/mol. The lowest BCUT2D eigenvalue weighted by Gasteiger charge is -1.86. The van der Waals surface area contributed by atoms with Crippen molar-refractivity contribution in [2.45, 2.75) is 0 Å². The van der Waals surface area contributed by atoms with Gasteiger partial charge in [-0.1, -0.05) is 18.2 Å². The van der Waals surface area contributed by atoms with Crippen molar-refractivity contribution in [2.24, 2.45) is 0 Å². The normalized spacial score (nSPS) is 9.82. The highest BCUT2D eigenvalue weighted by molar-refractivity contribution is 7.26. The lowest BCUT2D eigenvalue weighted by molar-refractivity contribution is 1.57. The molecule has 3 heteroatoms. The molecule has 2 rings (SSSR count). The summed E-state index contributed by atoms with van der Waals surface area (Å²) < 4.78 is 6.28. The molecule has 0 amide bonds. The Morgan fingerprint density at radius 2 is 2.00 bits per heavy atom. The number of nitrogens with zero attached hydrogens (tertiary/aromatic N) is 1. The van der Waals surface area contributed by atoms with E-state index in [0.717, 1.165) is 5.01 Å². The first-order valence-corrected chi connectivity index (χ1v) is 4.96. The second kappa shape index (κ2) is 3.07. The van der Waals surface area contributed by atoms with Gasteiger partial charge in [-0.15, -0.1) is 0 Å². The number of aromatic nitrogens is 1. The Bertz CT molecular complexity index is 315. The van der Waals surface area contributed by atoms with Crippen molar-refractivity contribution in [3.63, 3.8) is 0 Å². The number of hydrogen-bond donors (Lipinski definition) is 0. The molecule has 11 heavy (non-hydrogen) atoms. The molecule has 0 spiro atoms. The van der Waals surface area contributed by atoms with E-state index in [1.807, 2.05) is 22.9 Å². The molecule has 0 unspecified atom stereocenters. The summed E-state index contributed by atoms with van der Waals surface area (Å²) in [5, 5.41) is 1.11. The van der Waals surface area contributed by atoms with Gasteiger partial charge in [-0.25, -0.2) is 0 Å². The molecule has 1 heterocycles. The zero-order chi connectivity index (χ0) is 7.52. The predicted molar refractivity (Wildman–Crippen MR) is 49.8 cm³/mol. The van der Waals surface area contributed by atoms with Gasteiger partial charge in [-0.2, -0.15) is 0 Å². The Kier molecular flexibility index (Phi) is 1.92. The molecule has 1 nitrogen and oxygen atoms in total. The van der Waals surface area contributed by atoms with Crippen LogP contribution in [-0.4, -0.2) is 4.37 Å². The van der Waals surface area contributed by atoms with Crippen LogP contribution in [0.1, 0.15) is 0 Å². The minimum atomic E-state index is 1.11. The third kappa shape index (κ3) is 1.44. The van der Waals surface area contributed by atoms with E-state index < -0.39 is 0 Å². The van der Waals surface area contributed by atoms with E-state index in [4.69, 9.17) is 0 Å². The van der Waals surface area contributed by atoms with E-state index in [1.54, 1.807) is 11.3 Å². The van der Waals surface area contributed by atoms with Crippen molar-refractivity contribution in [1.29, 1.82) is 0 Å². The quantitative estimate of drug-likeness (QED) is 0.614. The van der Waals surface area contributed by atoms with Crippen LogP contribution in [0.5, 0.6) is 0 Å². The van der Waals surface area contributed by atoms with Crippen molar-refractivity contribution < 1.29 is 0 Å². The molecule has 0 saturated carbocycles. The van der Waals surface area contributed by atoms with E-state index >= 15 is 0 Å². The Hall–Kier alpha value is -0.800. The third-order valence-corrected chi connectivity index (χ3v) is 3.04. The van der Waals surface area contributed by atoms with Crippen LogP contribution < -0.4 is 0 Å². The Balaban J connectivity index is 2.46. The van der Waals surface area contributed by atoms with E-state index in [9.17, 15) is 0 Å². The van der Waals surface area contributed by atoms with Crippen molar-refractivity contribution in [2.75, 3.05) is 0 Å². The van der Waals surface area contributed by atoms with Crippen LogP contribution in [0.25, 0.3) is 10.6 Å². The number of rotatable bonds is 1. The summed E-state index contributed by atoms with van der Waals surface area (Å²) in [6, 6.07) is 10.2. The van der Waals surface area contributed by atoms with E-state index in [1.165, 1.54) is 17.1 Å². The van der Waals surface area contributed by atoms with Gasteiger partial charge in [-0.05, 0) is 16.5 Å². The first kappa shape index (κ1) is 6.88. The summed E-state index contributed by atoms with van der Waals surface area (Å²) in [5.41, 5.74) is 1.21. The van der Waals surface area contributed by atoms with Crippen LogP contribution in [0.3, 0.4) is 0 Å². The summed E-state index contributed by atoms with van der Waals surface area (Å²) >= 11 is 3.19. The van der Waals surface area contributed by atoms with Crippen LogP contribution in [0.4, 0.5) is 0 Å². The van der Waals surface area contributed by atoms with Crippen LogP contribution in [-0.2, 0) is 0 Å². The largest absolute Gasteiger partial charge is 0.268 e. The highest BCUT2D eigenvalue weighted by Crippen LogP contribution is 2.22. The zero-order valence-corrected chi connectivity index (χ0v) is 7.36. The minimum absolute atomic E-state index is 1.11. The molecule has 0 bridgehead atoms. The van der Waals surface area contributed by atoms with Gasteiger partial charge < -0.3 is 0 Å². The topological polar surface area (TPSA) is 12.9 Å². The molecule has 0 radical (unpaired) electrons. The van der Waals surface area contributed by atoms with Crippen molar-refractivity contribution >= 4 is 22.9 Å². The molecule has 2 aromatic rings. The highest BCUT2D eigenvalue weighted by atomic mass is 32.2. The zero-order valence-electron chi connectivity index (χ0n) is 5.73. The monoisotopic (exact) mass is 180 g/mol. The molecule has 0 N–H and O–H groups in total. The fourth-order valence-corrected chi connectivity index (χ4v) is 2.34. The molecule has 0 aliphatic rings. The minimum Gasteiger partial charge on any atom is -0.0622 e. The van der Waals surface area contributed by atoms with Crippen LogP contribution in [0, 0.1) is 0 Å². The maximum Gasteiger partial charge on any atom is 0.268 e. The summed E-state index contributed by atoms with van der Waals surface area (Å²) in [4.78, 5) is 0. The molecular formula is C8H6NS2+. The number of hydrogen-bond acceptors (Lipinski definition) is 2. The first-order valence-electron chi connectivity index (χ1n) is 3.24. The van der Waals surface area contributed by atoms with E-state index in [-0.39, 0.29) is 0 Å². The van der Waals surface area contributed by atoms with Crippen LogP contribution in [0.15, 0.2) is 35.0 Å². The Morgan fingerprint density at radius 3 is 2.64 bits per heavy atom. The predicted octanol–water partition coefficient (Wildman–Crippen LogP) is 3.15. The number of benzene rings is 1. The van der Waals surface area contributed by atoms with Crippen LogP contribution >= 0.6 is 22.9 Å². The molecule has 54 valence electrons. The molecule has 1 aromatic heterocycles. The van der Waals surface area contributed by atoms with Gasteiger partial charge in [0.2, 0.25) is 11.5 Å². The van der Waals surface area contributed by atoms with Gasteiger partial charge >= 0.3 is 0 Å². The molecule has 0 atom stereocenters. The summed E-state index contributed by atoms with van der Waals surface area (Å²) in [6.45, 7) is 0. The SMILES string of the molecule is c1ccc(-c2nsc[s+]2)cc1. The smallest absolute Gasteiger partial charge is 0.0622 e. The van der Waals surface area contributed by atoms with Gasteiger partial charge in [0.15, 0.2) is 0 Å². The molecule has 0 aliphatic heterocycles. The second-order valence-corrected chi connectivity index (χ2v) is 3.87. The van der Waals surface area contributed by atoms with Gasteiger partial charge in [0.1, 0.15) is 11.3 Å². The fraction of sp³-hybridized carbons (Fsp3) is 0. The molecule has 1 aromatic carbocycles. The lowest BCUT2D eigenvalue weighted by Crippen LogP contribution is -1.70. The first-order chi connectivity index (χ1) is 5.47. The van der Waals surface area contributed by atoms with Gasteiger partial charge in [0.25, 0.3) is 9.70 Å². The summed E-state index contributed by atoms with van der Waals surface area (Å²) in [5.74, 6) is 0. The van der Waals surface area contributed by atoms with Crippen molar-refractivity contribution in [1.82, 2.24) is 4.37 Å². The van der Waals surface area contributed by atoms with Gasteiger partial charge in [0.05, 0.1) is 0 Å². The fourth-order valence-electron chi connectivity index (χ4n) is 0.859. The average molecular weight is 180 g/mol. The highest BCUT2D eigenvalue weighted by Gasteiger charge is 2.06.